The molecular weight excluding hydrogens is 288 g/mol. The number of hydrogen-bond donors (Lipinski definition) is 2. The van der Waals surface area contributed by atoms with E-state index < -0.39 is 0 Å². The average molecular weight is 312 g/mol. The Balaban J connectivity index is 1.74. The summed E-state index contributed by atoms with van der Waals surface area (Å²) in [5, 5.41) is 6.09. The highest BCUT2D eigenvalue weighted by Crippen LogP contribution is 2.29. The first-order chi connectivity index (χ1) is 11.1. The second-order valence-corrected chi connectivity index (χ2v) is 6.51. The third kappa shape index (κ3) is 3.23. The summed E-state index contributed by atoms with van der Waals surface area (Å²) in [6.45, 7) is 4.17. The van der Waals surface area contributed by atoms with E-state index in [1.54, 1.807) is 6.20 Å². The summed E-state index contributed by atoms with van der Waals surface area (Å²) in [5.41, 5.74) is 3.56. The highest BCUT2D eigenvalue weighted by molar-refractivity contribution is 5.90. The van der Waals surface area contributed by atoms with Crippen LogP contribution < -0.4 is 10.6 Å². The van der Waals surface area contributed by atoms with Gasteiger partial charge in [0.05, 0.1) is 6.04 Å². The Kier molecular flexibility index (Phi) is 4.37. The van der Waals surface area contributed by atoms with Crippen molar-refractivity contribution < 1.29 is 4.79 Å². The number of aromatic nitrogens is 2. The smallest absolute Gasteiger partial charge is 0.319 e. The second-order valence-electron chi connectivity index (χ2n) is 6.51. The van der Waals surface area contributed by atoms with E-state index in [4.69, 9.17) is 0 Å². The van der Waals surface area contributed by atoms with Gasteiger partial charge in [-0.1, -0.05) is 26.0 Å². The Bertz CT molecular complexity index is 705. The monoisotopic (exact) mass is 312 g/mol. The van der Waals surface area contributed by atoms with Crippen LogP contribution in [0.4, 0.5) is 10.5 Å². The SMILES string of the molecule is CC(C)[C@H](NC(=O)Nc1cccc2c1CCC2)c1nccn1C. The first kappa shape index (κ1) is 15.6. The molecule has 1 aliphatic carbocycles. The maximum absolute atomic E-state index is 12.5. The molecule has 3 rings (SSSR count). The normalized spacial score (nSPS) is 14.6. The molecule has 0 saturated carbocycles. The maximum atomic E-state index is 12.5. The molecule has 2 amide bonds. The van der Waals surface area contributed by atoms with Crippen LogP contribution in [-0.2, 0) is 19.9 Å². The van der Waals surface area contributed by atoms with Crippen molar-refractivity contribution in [1.29, 1.82) is 0 Å². The number of carbonyl (C=O) groups excluding carboxylic acids is 1. The fourth-order valence-corrected chi connectivity index (χ4v) is 3.24. The van der Waals surface area contributed by atoms with E-state index >= 15 is 0 Å². The highest BCUT2D eigenvalue weighted by atomic mass is 16.2. The number of rotatable bonds is 4. The molecule has 0 aliphatic heterocycles. The zero-order chi connectivity index (χ0) is 16.4. The summed E-state index contributed by atoms with van der Waals surface area (Å²) in [7, 11) is 1.95. The van der Waals surface area contributed by atoms with Crippen LogP contribution in [0.5, 0.6) is 0 Å². The van der Waals surface area contributed by atoms with Gasteiger partial charge in [-0.05, 0) is 42.4 Å². The number of urea groups is 1. The van der Waals surface area contributed by atoms with Gasteiger partial charge in [-0.2, -0.15) is 0 Å². The van der Waals surface area contributed by atoms with Gasteiger partial charge in [-0.25, -0.2) is 9.78 Å². The van der Waals surface area contributed by atoms with Crippen LogP contribution in [0.3, 0.4) is 0 Å². The fourth-order valence-electron chi connectivity index (χ4n) is 3.24. The lowest BCUT2D eigenvalue weighted by atomic mass is 10.0. The zero-order valence-corrected chi connectivity index (χ0v) is 14.0. The van der Waals surface area contributed by atoms with Crippen molar-refractivity contribution in [3.05, 3.63) is 47.5 Å². The molecule has 1 atom stereocenters. The molecule has 0 fully saturated rings. The van der Waals surface area contributed by atoms with Crippen molar-refractivity contribution in [2.75, 3.05) is 5.32 Å². The molecule has 0 spiro atoms. The van der Waals surface area contributed by atoms with Crippen molar-refractivity contribution >= 4 is 11.7 Å². The molecule has 23 heavy (non-hydrogen) atoms. The number of anilines is 1. The van der Waals surface area contributed by atoms with E-state index in [2.05, 4.69) is 35.5 Å². The fraction of sp³-hybridized carbons (Fsp3) is 0.444. The maximum Gasteiger partial charge on any atom is 0.319 e. The van der Waals surface area contributed by atoms with Gasteiger partial charge >= 0.3 is 6.03 Å². The van der Waals surface area contributed by atoms with Crippen LogP contribution in [0.1, 0.15) is 43.3 Å². The van der Waals surface area contributed by atoms with Crippen LogP contribution in [0.2, 0.25) is 0 Å². The number of nitrogens with zero attached hydrogens (tertiary/aromatic N) is 2. The van der Waals surface area contributed by atoms with E-state index in [0.29, 0.717) is 0 Å². The average Bonchev–Trinajstić information content (AvgIpc) is 3.14. The van der Waals surface area contributed by atoms with Gasteiger partial charge in [0.1, 0.15) is 5.82 Å². The van der Waals surface area contributed by atoms with E-state index in [9.17, 15) is 4.79 Å². The number of imidazole rings is 1. The van der Waals surface area contributed by atoms with E-state index in [1.165, 1.54) is 11.1 Å². The Morgan fingerprint density at radius 1 is 1.30 bits per heavy atom. The lowest BCUT2D eigenvalue weighted by molar-refractivity contribution is 0.243. The molecule has 1 aromatic carbocycles. The first-order valence-corrected chi connectivity index (χ1v) is 8.21. The summed E-state index contributed by atoms with van der Waals surface area (Å²) in [5.74, 6) is 1.12. The number of fused-ring (bicyclic) bond motifs is 1. The summed E-state index contributed by atoms with van der Waals surface area (Å²) in [6.07, 6.45) is 6.97. The third-order valence-corrected chi connectivity index (χ3v) is 4.48. The van der Waals surface area contributed by atoms with E-state index in [-0.39, 0.29) is 18.0 Å². The quantitative estimate of drug-likeness (QED) is 0.908. The zero-order valence-electron chi connectivity index (χ0n) is 14.0. The number of hydrogen-bond acceptors (Lipinski definition) is 2. The van der Waals surface area contributed by atoms with Crippen molar-refractivity contribution in [3.8, 4) is 0 Å². The van der Waals surface area contributed by atoms with Gasteiger partial charge in [-0.3, -0.25) is 0 Å². The van der Waals surface area contributed by atoms with Gasteiger partial charge in [0.25, 0.3) is 0 Å². The molecule has 122 valence electrons. The predicted octanol–water partition coefficient (Wildman–Crippen LogP) is 3.43. The van der Waals surface area contributed by atoms with Crippen LogP contribution >= 0.6 is 0 Å². The highest BCUT2D eigenvalue weighted by Gasteiger charge is 2.23. The van der Waals surface area contributed by atoms with Crippen molar-refractivity contribution in [3.63, 3.8) is 0 Å². The number of nitrogens with one attached hydrogen (secondary N) is 2. The topological polar surface area (TPSA) is 59.0 Å². The second kappa shape index (κ2) is 6.44. The lowest BCUT2D eigenvalue weighted by Crippen LogP contribution is -2.36. The molecule has 5 nitrogen and oxygen atoms in total. The van der Waals surface area contributed by atoms with Crippen molar-refractivity contribution in [2.24, 2.45) is 13.0 Å². The molecule has 2 aromatic rings. The first-order valence-electron chi connectivity index (χ1n) is 8.21. The predicted molar refractivity (Wildman–Crippen MR) is 91.4 cm³/mol. The summed E-state index contributed by atoms with van der Waals surface area (Å²) < 4.78 is 1.95. The minimum Gasteiger partial charge on any atom is -0.336 e. The van der Waals surface area contributed by atoms with Gasteiger partial charge in [0, 0.05) is 25.1 Å². The number of benzene rings is 1. The van der Waals surface area contributed by atoms with E-state index in [0.717, 1.165) is 30.8 Å². The molecule has 0 unspecified atom stereocenters. The number of carbonyl (C=O) groups is 1. The van der Waals surface area contributed by atoms with Gasteiger partial charge in [0.2, 0.25) is 0 Å². The van der Waals surface area contributed by atoms with Crippen LogP contribution in [0.15, 0.2) is 30.6 Å². The Hall–Kier alpha value is -2.30. The summed E-state index contributed by atoms with van der Waals surface area (Å²) >= 11 is 0. The van der Waals surface area contributed by atoms with Crippen molar-refractivity contribution in [2.45, 2.75) is 39.2 Å². The van der Waals surface area contributed by atoms with Crippen LogP contribution in [-0.4, -0.2) is 15.6 Å². The van der Waals surface area contributed by atoms with Gasteiger partial charge < -0.3 is 15.2 Å². The molecule has 0 saturated heterocycles. The van der Waals surface area contributed by atoms with Gasteiger partial charge in [0.15, 0.2) is 0 Å². The Morgan fingerprint density at radius 3 is 2.83 bits per heavy atom. The third-order valence-electron chi connectivity index (χ3n) is 4.48. The summed E-state index contributed by atoms with van der Waals surface area (Å²) in [4.78, 5) is 16.9. The Morgan fingerprint density at radius 2 is 2.13 bits per heavy atom. The molecular formula is C18H24N4O. The standard InChI is InChI=1S/C18H24N4O/c1-12(2)16(17-19-10-11-22(17)3)21-18(23)20-15-9-5-7-13-6-4-8-14(13)15/h5,7,9-12,16H,4,6,8H2,1-3H3,(H2,20,21,23)/t16-/m0/s1. The molecule has 2 N–H and O–H groups in total. The molecule has 0 bridgehead atoms. The largest absolute Gasteiger partial charge is 0.336 e. The minimum absolute atomic E-state index is 0.119. The lowest BCUT2D eigenvalue weighted by Gasteiger charge is -2.22. The number of amides is 2. The molecule has 1 heterocycles. The molecule has 1 aromatic heterocycles. The van der Waals surface area contributed by atoms with Crippen molar-refractivity contribution in [1.82, 2.24) is 14.9 Å². The molecule has 0 radical (unpaired) electrons. The van der Waals surface area contributed by atoms with E-state index in [1.807, 2.05) is 29.9 Å². The van der Waals surface area contributed by atoms with Crippen LogP contribution in [0.25, 0.3) is 0 Å². The van der Waals surface area contributed by atoms with Gasteiger partial charge in [-0.15, -0.1) is 0 Å². The molecule has 5 heteroatoms. The minimum atomic E-state index is -0.174. The van der Waals surface area contributed by atoms with Crippen LogP contribution in [0, 0.1) is 5.92 Å². The Labute approximate surface area is 137 Å². The number of aryl methyl sites for hydroxylation is 2. The molecule has 1 aliphatic rings. The summed E-state index contributed by atoms with van der Waals surface area (Å²) in [6, 6.07) is 5.85.